The molecule has 13 heavy (non-hydrogen) atoms. The minimum atomic E-state index is -0.135. The van der Waals surface area contributed by atoms with E-state index in [2.05, 4.69) is 16.3 Å². The molecule has 2 rings (SSSR count). The fraction of sp³-hybridized carbons (Fsp3) is 0.667. The normalized spacial score (nSPS) is 18.2. The van der Waals surface area contributed by atoms with Crippen molar-refractivity contribution in [2.75, 3.05) is 0 Å². The predicted octanol–water partition coefficient (Wildman–Crippen LogP) is 1.32. The third kappa shape index (κ3) is 1.42. The van der Waals surface area contributed by atoms with E-state index in [0.29, 0.717) is 5.92 Å². The molecule has 0 radical (unpaired) electrons. The zero-order chi connectivity index (χ0) is 9.42. The molecule has 1 atom stereocenters. The summed E-state index contributed by atoms with van der Waals surface area (Å²) in [6.45, 7) is 1.87. The van der Waals surface area contributed by atoms with Crippen LogP contribution in [0.15, 0.2) is 0 Å². The van der Waals surface area contributed by atoms with Crippen molar-refractivity contribution in [1.29, 1.82) is 5.26 Å². The largest absolute Gasteiger partial charge is 0.198 e. The lowest BCUT2D eigenvalue weighted by molar-refractivity contribution is 0.637. The van der Waals surface area contributed by atoms with Gasteiger partial charge in [-0.15, -0.1) is 0 Å². The first-order valence-electron chi connectivity index (χ1n) is 4.53. The molecule has 68 valence electrons. The summed E-state index contributed by atoms with van der Waals surface area (Å²) in [6, 6.07) is 2.20. The molecular weight excluding hydrogens is 164 g/mol. The van der Waals surface area contributed by atoms with Gasteiger partial charge in [0.05, 0.1) is 17.7 Å². The summed E-state index contributed by atoms with van der Waals surface area (Å²) in [5.74, 6) is 0.434. The zero-order valence-electron chi connectivity index (χ0n) is 7.86. The Morgan fingerprint density at radius 3 is 2.77 bits per heavy atom. The van der Waals surface area contributed by atoms with Crippen molar-refractivity contribution >= 4 is 0 Å². The Hall–Kier alpha value is -1.37. The lowest BCUT2D eigenvalue weighted by Gasteiger charge is -1.97. The maximum Gasteiger partial charge on any atom is 0.103 e. The van der Waals surface area contributed by atoms with Crippen LogP contribution in [-0.4, -0.2) is 15.0 Å². The first-order valence-corrected chi connectivity index (χ1v) is 4.53. The molecule has 1 aromatic heterocycles. The SMILES string of the molecule is CC(C#N)c1nn(C)nc1C1CC1. The van der Waals surface area contributed by atoms with Crippen molar-refractivity contribution in [3.63, 3.8) is 0 Å². The highest BCUT2D eigenvalue weighted by Crippen LogP contribution is 2.41. The van der Waals surface area contributed by atoms with Gasteiger partial charge in [0.25, 0.3) is 0 Å². The minimum absolute atomic E-state index is 0.135. The monoisotopic (exact) mass is 176 g/mol. The van der Waals surface area contributed by atoms with E-state index in [-0.39, 0.29) is 5.92 Å². The van der Waals surface area contributed by atoms with Gasteiger partial charge in [0, 0.05) is 13.0 Å². The van der Waals surface area contributed by atoms with E-state index in [1.165, 1.54) is 12.8 Å². The van der Waals surface area contributed by atoms with Gasteiger partial charge in [0.15, 0.2) is 0 Å². The molecule has 1 aromatic rings. The molecule has 0 spiro atoms. The summed E-state index contributed by atoms with van der Waals surface area (Å²) in [4.78, 5) is 1.57. The lowest BCUT2D eigenvalue weighted by atomic mass is 10.1. The maximum atomic E-state index is 8.80. The molecule has 0 aromatic carbocycles. The van der Waals surface area contributed by atoms with E-state index in [0.717, 1.165) is 11.4 Å². The van der Waals surface area contributed by atoms with Gasteiger partial charge < -0.3 is 0 Å². The molecule has 0 amide bonds. The number of aryl methyl sites for hydroxylation is 1. The van der Waals surface area contributed by atoms with Crippen LogP contribution in [0.4, 0.5) is 0 Å². The van der Waals surface area contributed by atoms with E-state index in [9.17, 15) is 0 Å². The Morgan fingerprint density at radius 1 is 1.54 bits per heavy atom. The number of nitrogens with zero attached hydrogens (tertiary/aromatic N) is 4. The van der Waals surface area contributed by atoms with Crippen LogP contribution in [0.1, 0.15) is 43.0 Å². The molecule has 1 aliphatic carbocycles. The highest BCUT2D eigenvalue weighted by molar-refractivity contribution is 5.25. The summed E-state index contributed by atoms with van der Waals surface area (Å²) in [5, 5.41) is 17.3. The quantitative estimate of drug-likeness (QED) is 0.682. The van der Waals surface area contributed by atoms with E-state index in [1.54, 1.807) is 11.8 Å². The third-order valence-electron chi connectivity index (χ3n) is 2.34. The predicted molar refractivity (Wildman–Crippen MR) is 47.0 cm³/mol. The highest BCUT2D eigenvalue weighted by atomic mass is 15.5. The smallest absolute Gasteiger partial charge is 0.103 e. The number of rotatable bonds is 2. The Bertz CT molecular complexity index is 356. The summed E-state index contributed by atoms with van der Waals surface area (Å²) >= 11 is 0. The fourth-order valence-corrected chi connectivity index (χ4v) is 1.45. The van der Waals surface area contributed by atoms with E-state index in [1.807, 2.05) is 6.92 Å². The lowest BCUT2D eigenvalue weighted by Crippen LogP contribution is -1.96. The first-order chi connectivity index (χ1) is 6.22. The van der Waals surface area contributed by atoms with Crippen LogP contribution in [0, 0.1) is 11.3 Å². The average molecular weight is 176 g/mol. The molecule has 0 bridgehead atoms. The zero-order valence-corrected chi connectivity index (χ0v) is 7.86. The van der Waals surface area contributed by atoms with E-state index < -0.39 is 0 Å². The van der Waals surface area contributed by atoms with Gasteiger partial charge >= 0.3 is 0 Å². The standard InChI is InChI=1S/C9H12N4/c1-6(5-10)8-9(7-3-4-7)12-13(2)11-8/h6-7H,3-4H2,1-2H3. The summed E-state index contributed by atoms with van der Waals surface area (Å²) in [6.07, 6.45) is 2.40. The van der Waals surface area contributed by atoms with E-state index in [4.69, 9.17) is 5.26 Å². The second-order valence-electron chi connectivity index (χ2n) is 3.58. The summed E-state index contributed by atoms with van der Waals surface area (Å²) < 4.78 is 0. The molecule has 4 heteroatoms. The minimum Gasteiger partial charge on any atom is -0.198 e. The molecule has 1 aliphatic rings. The topological polar surface area (TPSA) is 54.5 Å². The number of aromatic nitrogens is 3. The van der Waals surface area contributed by atoms with Crippen molar-refractivity contribution in [2.45, 2.75) is 31.6 Å². The van der Waals surface area contributed by atoms with Crippen molar-refractivity contribution < 1.29 is 0 Å². The molecule has 1 heterocycles. The van der Waals surface area contributed by atoms with Crippen LogP contribution >= 0.6 is 0 Å². The van der Waals surface area contributed by atoms with Gasteiger partial charge in [-0.3, -0.25) is 0 Å². The van der Waals surface area contributed by atoms with Crippen LogP contribution in [0.5, 0.6) is 0 Å². The molecule has 1 fully saturated rings. The van der Waals surface area contributed by atoms with Gasteiger partial charge in [-0.1, -0.05) is 0 Å². The summed E-state index contributed by atoms with van der Waals surface area (Å²) in [5.41, 5.74) is 1.91. The highest BCUT2D eigenvalue weighted by Gasteiger charge is 2.31. The van der Waals surface area contributed by atoms with Crippen LogP contribution < -0.4 is 0 Å². The number of hydrogen-bond acceptors (Lipinski definition) is 3. The van der Waals surface area contributed by atoms with E-state index >= 15 is 0 Å². The Kier molecular flexibility index (Phi) is 1.80. The molecule has 0 N–H and O–H groups in total. The molecule has 0 saturated heterocycles. The average Bonchev–Trinajstić information content (AvgIpc) is 2.89. The van der Waals surface area contributed by atoms with Crippen molar-refractivity contribution in [3.05, 3.63) is 11.4 Å². The Morgan fingerprint density at radius 2 is 2.23 bits per heavy atom. The number of nitriles is 1. The Balaban J connectivity index is 2.37. The van der Waals surface area contributed by atoms with Gasteiger partial charge in [-0.25, -0.2) is 0 Å². The van der Waals surface area contributed by atoms with Crippen molar-refractivity contribution in [1.82, 2.24) is 15.0 Å². The second kappa shape index (κ2) is 2.84. The van der Waals surface area contributed by atoms with Gasteiger partial charge in [-0.05, 0) is 19.8 Å². The Labute approximate surface area is 77.2 Å². The van der Waals surface area contributed by atoms with Gasteiger partial charge in [0.2, 0.25) is 0 Å². The van der Waals surface area contributed by atoms with Crippen LogP contribution in [0.2, 0.25) is 0 Å². The van der Waals surface area contributed by atoms with Crippen LogP contribution in [0.3, 0.4) is 0 Å². The van der Waals surface area contributed by atoms with Crippen molar-refractivity contribution in [2.24, 2.45) is 7.05 Å². The van der Waals surface area contributed by atoms with Gasteiger partial charge in [0.1, 0.15) is 5.69 Å². The van der Waals surface area contributed by atoms with Crippen LogP contribution in [-0.2, 0) is 7.05 Å². The molecule has 1 saturated carbocycles. The van der Waals surface area contributed by atoms with Crippen LogP contribution in [0.25, 0.3) is 0 Å². The van der Waals surface area contributed by atoms with Crippen molar-refractivity contribution in [3.8, 4) is 6.07 Å². The second-order valence-corrected chi connectivity index (χ2v) is 3.58. The first kappa shape index (κ1) is 8.24. The molecular formula is C9H12N4. The molecule has 1 unspecified atom stereocenters. The van der Waals surface area contributed by atoms with Gasteiger partial charge in [-0.2, -0.15) is 20.3 Å². The number of hydrogen-bond donors (Lipinski definition) is 0. The molecule has 0 aliphatic heterocycles. The fourth-order valence-electron chi connectivity index (χ4n) is 1.45. The molecule has 4 nitrogen and oxygen atoms in total. The third-order valence-corrected chi connectivity index (χ3v) is 2.34. The maximum absolute atomic E-state index is 8.80. The summed E-state index contributed by atoms with van der Waals surface area (Å²) in [7, 11) is 1.81.